The Bertz CT molecular complexity index is 1570. The van der Waals surface area contributed by atoms with Crippen LogP contribution >= 0.6 is 11.6 Å². The lowest BCUT2D eigenvalue weighted by Crippen LogP contribution is -2.55. The largest absolute Gasteiger partial charge is 0.383 e. The van der Waals surface area contributed by atoms with Gasteiger partial charge in [0.2, 0.25) is 0 Å². The summed E-state index contributed by atoms with van der Waals surface area (Å²) in [4.78, 5) is 4.44. The van der Waals surface area contributed by atoms with Gasteiger partial charge in [-0.15, -0.1) is 5.10 Å². The predicted molar refractivity (Wildman–Crippen MR) is 141 cm³/mol. The first-order chi connectivity index (χ1) is 18.0. The number of pyridine rings is 1. The van der Waals surface area contributed by atoms with Gasteiger partial charge in [0.1, 0.15) is 17.6 Å². The second-order valence-electron chi connectivity index (χ2n) is 10.8. The maximum atomic E-state index is 15.4. The van der Waals surface area contributed by atoms with Crippen molar-refractivity contribution in [2.24, 2.45) is 11.3 Å². The smallest absolute Gasteiger partial charge is 0.137 e. The van der Waals surface area contributed by atoms with Crippen LogP contribution in [0, 0.1) is 28.5 Å². The van der Waals surface area contributed by atoms with E-state index in [9.17, 15) is 5.26 Å². The Balaban J connectivity index is 1.16. The van der Waals surface area contributed by atoms with E-state index in [1.165, 1.54) is 19.3 Å². The molecule has 0 radical (unpaired) electrons. The number of hydrogen-bond donors (Lipinski definition) is 2. The molecule has 4 aliphatic carbocycles. The van der Waals surface area contributed by atoms with Crippen molar-refractivity contribution in [3.63, 3.8) is 0 Å². The van der Waals surface area contributed by atoms with Crippen molar-refractivity contribution in [1.82, 2.24) is 20.0 Å². The molecule has 37 heavy (non-hydrogen) atoms. The molecule has 4 aliphatic rings. The Kier molecular flexibility index (Phi) is 5.12. The van der Waals surface area contributed by atoms with Crippen LogP contribution in [0.2, 0.25) is 5.02 Å². The minimum Gasteiger partial charge on any atom is -0.383 e. The zero-order chi connectivity index (χ0) is 25.1. The Morgan fingerprint density at radius 2 is 2.03 bits per heavy atom. The molecule has 0 unspecified atom stereocenters. The molecule has 2 heterocycles. The SMILES string of the molecule is N#Cc1cnc2c(Cl)cc(NCc3cccc(-c4cn(C5CC5)nn4)c3F)cc2c1NCC12CC(C1)C2. The molecular formula is C28H25ClFN7. The third-order valence-electron chi connectivity index (χ3n) is 8.12. The summed E-state index contributed by atoms with van der Waals surface area (Å²) in [6, 6.07) is 11.7. The first kappa shape index (κ1) is 22.5. The van der Waals surface area contributed by atoms with Crippen molar-refractivity contribution >= 4 is 33.9 Å². The van der Waals surface area contributed by atoms with Gasteiger partial charge in [-0.2, -0.15) is 5.26 Å². The second kappa shape index (κ2) is 8.42. The average molecular weight is 514 g/mol. The zero-order valence-electron chi connectivity index (χ0n) is 20.1. The van der Waals surface area contributed by atoms with Crippen LogP contribution in [-0.4, -0.2) is 26.5 Å². The van der Waals surface area contributed by atoms with Crippen LogP contribution in [0.25, 0.3) is 22.2 Å². The molecule has 4 fully saturated rings. The number of nitrogens with zero attached hydrogens (tertiary/aromatic N) is 5. The molecule has 0 atom stereocenters. The fourth-order valence-corrected chi connectivity index (χ4v) is 6.08. The number of rotatable bonds is 8. The molecule has 0 spiro atoms. The average Bonchev–Trinajstić information content (AvgIpc) is 3.58. The summed E-state index contributed by atoms with van der Waals surface area (Å²) in [5.74, 6) is 0.569. The minimum atomic E-state index is -0.320. The number of nitriles is 1. The van der Waals surface area contributed by atoms with Gasteiger partial charge in [0.05, 0.1) is 34.0 Å². The predicted octanol–water partition coefficient (Wildman–Crippen LogP) is 6.32. The number of hydrogen-bond acceptors (Lipinski definition) is 6. The van der Waals surface area contributed by atoms with Gasteiger partial charge in [-0.25, -0.2) is 9.07 Å². The van der Waals surface area contributed by atoms with Gasteiger partial charge in [0.15, 0.2) is 0 Å². The molecule has 2 N–H and O–H groups in total. The Labute approximate surface area is 218 Å². The lowest BCUT2D eigenvalue weighted by atomic mass is 9.44. The summed E-state index contributed by atoms with van der Waals surface area (Å²) in [5, 5.41) is 26.2. The highest BCUT2D eigenvalue weighted by molar-refractivity contribution is 6.35. The van der Waals surface area contributed by atoms with Crippen LogP contribution in [0.4, 0.5) is 15.8 Å². The summed E-state index contributed by atoms with van der Waals surface area (Å²) >= 11 is 6.61. The number of benzene rings is 2. The number of halogens is 2. The van der Waals surface area contributed by atoms with E-state index in [1.807, 2.05) is 23.0 Å². The molecule has 4 aromatic rings. The van der Waals surface area contributed by atoms with E-state index in [0.717, 1.165) is 42.1 Å². The van der Waals surface area contributed by atoms with E-state index >= 15 is 4.39 Å². The summed E-state index contributed by atoms with van der Waals surface area (Å²) in [5.41, 5.74) is 4.48. The highest BCUT2D eigenvalue weighted by atomic mass is 35.5. The maximum absolute atomic E-state index is 15.4. The van der Waals surface area contributed by atoms with Crippen molar-refractivity contribution in [2.45, 2.75) is 44.7 Å². The fraction of sp³-hybridized carbons (Fsp3) is 0.357. The molecule has 4 saturated carbocycles. The highest BCUT2D eigenvalue weighted by Gasteiger charge is 2.56. The first-order valence-corrected chi connectivity index (χ1v) is 13.1. The summed E-state index contributed by atoms with van der Waals surface area (Å²) < 4.78 is 17.3. The van der Waals surface area contributed by atoms with Crippen molar-refractivity contribution in [3.05, 3.63) is 64.7 Å². The Morgan fingerprint density at radius 1 is 1.19 bits per heavy atom. The maximum Gasteiger partial charge on any atom is 0.137 e. The van der Waals surface area contributed by atoms with E-state index in [4.69, 9.17) is 11.6 Å². The minimum absolute atomic E-state index is 0.261. The van der Waals surface area contributed by atoms with Crippen LogP contribution in [-0.2, 0) is 6.54 Å². The van der Waals surface area contributed by atoms with Crippen LogP contribution in [0.1, 0.15) is 49.3 Å². The quantitative estimate of drug-likeness (QED) is 0.286. The number of nitrogens with one attached hydrogen (secondary N) is 2. The Hall–Kier alpha value is -3.70. The molecule has 2 bridgehead atoms. The number of aromatic nitrogens is 4. The molecule has 2 aromatic carbocycles. The molecule has 0 amide bonds. The lowest BCUT2D eigenvalue weighted by molar-refractivity contribution is -0.0929. The van der Waals surface area contributed by atoms with Gasteiger partial charge < -0.3 is 10.6 Å². The number of fused-ring (bicyclic) bond motifs is 1. The molecule has 7 nitrogen and oxygen atoms in total. The van der Waals surface area contributed by atoms with Gasteiger partial charge in [-0.1, -0.05) is 28.9 Å². The summed E-state index contributed by atoms with van der Waals surface area (Å²) in [6.45, 7) is 1.10. The standard InChI is InChI=1S/C28H25ClFN7/c29-23-7-19(6-22-26(18(11-31)13-33-27(22)23)34-15-28-8-16(9-28)10-28)32-12-17-2-1-3-21(25(17)30)24-14-37(36-35-24)20-4-5-20/h1-3,6-7,13-14,16,20,32H,4-5,8-10,12,15H2,(H,33,34). The van der Waals surface area contributed by atoms with E-state index in [1.54, 1.807) is 24.4 Å². The van der Waals surface area contributed by atoms with Crippen LogP contribution in [0.15, 0.2) is 42.7 Å². The molecule has 9 heteroatoms. The molecule has 186 valence electrons. The van der Waals surface area contributed by atoms with Crippen LogP contribution in [0.5, 0.6) is 0 Å². The van der Waals surface area contributed by atoms with Gasteiger partial charge in [-0.05, 0) is 61.6 Å². The van der Waals surface area contributed by atoms with Gasteiger partial charge in [-0.3, -0.25) is 4.98 Å². The van der Waals surface area contributed by atoms with E-state index < -0.39 is 0 Å². The van der Waals surface area contributed by atoms with E-state index in [2.05, 4.69) is 32.0 Å². The normalized spacial score (nSPS) is 21.7. The van der Waals surface area contributed by atoms with Crippen LogP contribution in [0.3, 0.4) is 0 Å². The monoisotopic (exact) mass is 513 g/mol. The molecule has 0 aliphatic heterocycles. The van der Waals surface area contributed by atoms with Crippen molar-refractivity contribution < 1.29 is 4.39 Å². The van der Waals surface area contributed by atoms with Crippen molar-refractivity contribution in [1.29, 1.82) is 5.26 Å². The van der Waals surface area contributed by atoms with Gasteiger partial charge in [0, 0.05) is 41.5 Å². The molecule has 0 saturated heterocycles. The Morgan fingerprint density at radius 3 is 2.76 bits per heavy atom. The third-order valence-corrected chi connectivity index (χ3v) is 8.41. The zero-order valence-corrected chi connectivity index (χ0v) is 20.9. The van der Waals surface area contributed by atoms with Gasteiger partial charge in [0.25, 0.3) is 0 Å². The number of anilines is 2. The second-order valence-corrected chi connectivity index (χ2v) is 11.2. The van der Waals surface area contributed by atoms with E-state index in [-0.39, 0.29) is 12.4 Å². The summed E-state index contributed by atoms with van der Waals surface area (Å²) in [7, 11) is 0. The third kappa shape index (κ3) is 3.89. The lowest BCUT2D eigenvalue weighted by Gasteiger charge is -2.62. The highest BCUT2D eigenvalue weighted by Crippen LogP contribution is 2.64. The van der Waals surface area contributed by atoms with Crippen molar-refractivity contribution in [3.8, 4) is 17.3 Å². The molecular weight excluding hydrogens is 489 g/mol. The summed E-state index contributed by atoms with van der Waals surface area (Å²) in [6.07, 6.45) is 9.37. The van der Waals surface area contributed by atoms with Gasteiger partial charge >= 0.3 is 0 Å². The molecule has 8 rings (SSSR count). The topological polar surface area (TPSA) is 91.5 Å². The first-order valence-electron chi connectivity index (χ1n) is 12.7. The fourth-order valence-electron chi connectivity index (χ4n) is 5.82. The molecule has 2 aromatic heterocycles. The van der Waals surface area contributed by atoms with Crippen molar-refractivity contribution in [2.75, 3.05) is 17.2 Å². The van der Waals surface area contributed by atoms with E-state index in [0.29, 0.717) is 44.4 Å². The van der Waals surface area contributed by atoms with Crippen LogP contribution < -0.4 is 10.6 Å².